The van der Waals surface area contributed by atoms with Crippen molar-refractivity contribution in [2.24, 2.45) is 0 Å². The number of ether oxygens (including phenoxy) is 1. The molecule has 0 N–H and O–H groups in total. The number of nitrogens with zero attached hydrogens (tertiary/aromatic N) is 2. The summed E-state index contributed by atoms with van der Waals surface area (Å²) in [6, 6.07) is 2.89. The van der Waals surface area contributed by atoms with Gasteiger partial charge in [0, 0.05) is 22.7 Å². The first-order valence-corrected chi connectivity index (χ1v) is 10.3. The Kier molecular flexibility index (Phi) is 5.20. The predicted octanol–water partition coefficient (Wildman–Crippen LogP) is 4.52. The first kappa shape index (κ1) is 20.4. The molecule has 2 aliphatic heterocycles. The molecular weight excluding hydrogens is 462 g/mol. The number of rotatable bonds is 1. The van der Waals surface area contributed by atoms with Crippen molar-refractivity contribution in [2.45, 2.75) is 64.6 Å². The Morgan fingerprint density at radius 1 is 1.26 bits per heavy atom. The van der Waals surface area contributed by atoms with Gasteiger partial charge in [-0.05, 0) is 87.7 Å². The molecule has 7 heteroatoms. The zero-order chi connectivity index (χ0) is 20.1. The lowest BCUT2D eigenvalue weighted by molar-refractivity contribution is 0.00710. The zero-order valence-electron chi connectivity index (χ0n) is 16.4. The smallest absolute Gasteiger partial charge is 0.410 e. The van der Waals surface area contributed by atoms with Crippen LogP contribution in [0.15, 0.2) is 12.1 Å². The summed E-state index contributed by atoms with van der Waals surface area (Å²) < 4.78 is 20.0. The van der Waals surface area contributed by atoms with Crippen molar-refractivity contribution in [2.75, 3.05) is 13.1 Å². The third-order valence-electron chi connectivity index (χ3n) is 5.23. The summed E-state index contributed by atoms with van der Waals surface area (Å²) in [5.41, 5.74) is 0.249. The number of amides is 2. The average Bonchev–Trinajstić information content (AvgIpc) is 2.72. The molecule has 1 aromatic rings. The highest BCUT2D eigenvalue weighted by Gasteiger charge is 2.48. The first-order chi connectivity index (χ1) is 12.4. The van der Waals surface area contributed by atoms with E-state index in [-0.39, 0.29) is 23.9 Å². The number of likely N-dealkylation sites (tertiary alicyclic amines) is 1. The summed E-state index contributed by atoms with van der Waals surface area (Å²) in [4.78, 5) is 29.0. The van der Waals surface area contributed by atoms with Crippen molar-refractivity contribution in [3.8, 4) is 0 Å². The average molecular weight is 488 g/mol. The molecule has 2 amide bonds. The maximum absolute atomic E-state index is 13.9. The van der Waals surface area contributed by atoms with Crippen LogP contribution in [-0.2, 0) is 10.3 Å². The number of hydrogen-bond donors (Lipinski definition) is 0. The van der Waals surface area contributed by atoms with Crippen molar-refractivity contribution in [3.63, 3.8) is 0 Å². The lowest BCUT2D eigenvalue weighted by atomic mass is 9.91. The predicted molar refractivity (Wildman–Crippen MR) is 109 cm³/mol. The zero-order valence-corrected chi connectivity index (χ0v) is 18.6. The monoisotopic (exact) mass is 488 g/mol. The number of fused-ring (bicyclic) bond motifs is 1. The lowest BCUT2D eigenvalue weighted by Gasteiger charge is -2.43. The van der Waals surface area contributed by atoms with E-state index in [1.54, 1.807) is 4.90 Å². The summed E-state index contributed by atoms with van der Waals surface area (Å²) in [7, 11) is 0. The van der Waals surface area contributed by atoms with Gasteiger partial charge in [-0.15, -0.1) is 0 Å². The van der Waals surface area contributed by atoms with E-state index in [1.807, 2.05) is 62.1 Å². The minimum absolute atomic E-state index is 0.0115. The second-order valence-electron chi connectivity index (χ2n) is 8.74. The van der Waals surface area contributed by atoms with Crippen LogP contribution in [-0.4, -0.2) is 46.5 Å². The molecule has 1 fully saturated rings. The Morgan fingerprint density at radius 2 is 1.85 bits per heavy atom. The van der Waals surface area contributed by atoms with Gasteiger partial charge in [0.25, 0.3) is 5.91 Å². The Bertz CT molecular complexity index is 780. The van der Waals surface area contributed by atoms with Crippen LogP contribution in [0.3, 0.4) is 0 Å². The van der Waals surface area contributed by atoms with Gasteiger partial charge < -0.3 is 14.5 Å². The van der Waals surface area contributed by atoms with Gasteiger partial charge in [-0.1, -0.05) is 0 Å². The molecule has 0 aromatic heterocycles. The Labute approximate surface area is 173 Å². The molecule has 148 valence electrons. The molecule has 5 nitrogen and oxygen atoms in total. The minimum atomic E-state index is -0.576. The second kappa shape index (κ2) is 6.90. The highest BCUT2D eigenvalue weighted by atomic mass is 127. The lowest BCUT2D eigenvalue weighted by Crippen LogP contribution is -2.52. The van der Waals surface area contributed by atoms with E-state index < -0.39 is 11.1 Å². The maximum Gasteiger partial charge on any atom is 0.410 e. The molecule has 3 rings (SSSR count). The first-order valence-electron chi connectivity index (χ1n) is 9.23. The third kappa shape index (κ3) is 3.79. The van der Waals surface area contributed by atoms with Crippen LogP contribution in [0.25, 0.3) is 0 Å². The Balaban J connectivity index is 1.76. The number of halogens is 2. The molecule has 0 saturated carbocycles. The summed E-state index contributed by atoms with van der Waals surface area (Å²) in [5, 5.41) is 0. The van der Waals surface area contributed by atoms with E-state index in [4.69, 9.17) is 4.74 Å². The number of piperidine rings is 1. The fourth-order valence-corrected chi connectivity index (χ4v) is 4.85. The fraction of sp³-hybridized carbons (Fsp3) is 0.600. The summed E-state index contributed by atoms with van der Waals surface area (Å²) in [6.07, 6.45) is 1.05. The molecule has 27 heavy (non-hydrogen) atoms. The van der Waals surface area contributed by atoms with Gasteiger partial charge in [-0.3, -0.25) is 4.79 Å². The number of carbonyl (C=O) groups is 2. The quantitative estimate of drug-likeness (QED) is 0.547. The van der Waals surface area contributed by atoms with E-state index in [0.717, 1.165) is 5.56 Å². The van der Waals surface area contributed by atoms with Crippen molar-refractivity contribution in [1.29, 1.82) is 0 Å². The molecule has 0 aliphatic carbocycles. The van der Waals surface area contributed by atoms with E-state index in [1.165, 1.54) is 12.1 Å². The standard InChI is InChI=1S/C20H26FIN2O3/c1-19(2,3)27-18(26)23-8-6-13(7-9-23)24-17(25)16-14(20(24,4)5)10-12(21)11-15(16)22/h10-11,13H,6-9H2,1-5H3. The Hall–Kier alpha value is -1.38. The number of carbonyl (C=O) groups excluding carboxylic acids is 2. The molecular formula is C20H26FIN2O3. The van der Waals surface area contributed by atoms with Gasteiger partial charge in [0.05, 0.1) is 11.1 Å². The topological polar surface area (TPSA) is 49.9 Å². The number of benzene rings is 1. The molecule has 0 spiro atoms. The van der Waals surface area contributed by atoms with Gasteiger partial charge >= 0.3 is 6.09 Å². The van der Waals surface area contributed by atoms with Crippen molar-refractivity contribution in [1.82, 2.24) is 9.80 Å². The van der Waals surface area contributed by atoms with E-state index in [2.05, 4.69) is 0 Å². The van der Waals surface area contributed by atoms with Crippen LogP contribution in [0.4, 0.5) is 9.18 Å². The van der Waals surface area contributed by atoms with Gasteiger partial charge in [-0.25, -0.2) is 9.18 Å². The summed E-state index contributed by atoms with van der Waals surface area (Å²) >= 11 is 2.03. The SMILES string of the molecule is CC(C)(C)OC(=O)N1CCC(N2C(=O)c3c(I)cc(F)cc3C2(C)C)CC1. The van der Waals surface area contributed by atoms with Gasteiger partial charge in [0.2, 0.25) is 0 Å². The van der Waals surface area contributed by atoms with Crippen LogP contribution < -0.4 is 0 Å². The number of hydrogen-bond acceptors (Lipinski definition) is 3. The van der Waals surface area contributed by atoms with Crippen LogP contribution in [0, 0.1) is 9.39 Å². The highest BCUT2D eigenvalue weighted by Crippen LogP contribution is 2.43. The van der Waals surface area contributed by atoms with Crippen LogP contribution >= 0.6 is 22.6 Å². The maximum atomic E-state index is 13.9. The molecule has 0 unspecified atom stereocenters. The summed E-state index contributed by atoms with van der Waals surface area (Å²) in [5.74, 6) is -0.365. The van der Waals surface area contributed by atoms with Crippen molar-refractivity contribution in [3.05, 3.63) is 32.6 Å². The largest absolute Gasteiger partial charge is 0.444 e. The molecule has 2 aliphatic rings. The molecule has 2 heterocycles. The normalized spacial score (nSPS) is 20.0. The van der Waals surface area contributed by atoms with Gasteiger partial charge in [-0.2, -0.15) is 0 Å². The minimum Gasteiger partial charge on any atom is -0.444 e. The van der Waals surface area contributed by atoms with Crippen LogP contribution in [0.5, 0.6) is 0 Å². The van der Waals surface area contributed by atoms with Crippen molar-refractivity contribution < 1.29 is 18.7 Å². The fourth-order valence-electron chi connectivity index (χ4n) is 4.03. The Morgan fingerprint density at radius 3 is 2.41 bits per heavy atom. The molecule has 1 aromatic carbocycles. The van der Waals surface area contributed by atoms with Crippen LogP contribution in [0.1, 0.15) is 63.4 Å². The molecule has 0 radical (unpaired) electrons. The molecule has 0 atom stereocenters. The molecule has 1 saturated heterocycles. The van der Waals surface area contributed by atoms with Gasteiger partial charge in [0.15, 0.2) is 0 Å². The summed E-state index contributed by atoms with van der Waals surface area (Å²) in [6.45, 7) is 10.6. The second-order valence-corrected chi connectivity index (χ2v) is 9.91. The van der Waals surface area contributed by atoms with E-state index >= 15 is 0 Å². The highest BCUT2D eigenvalue weighted by molar-refractivity contribution is 14.1. The van der Waals surface area contributed by atoms with E-state index in [9.17, 15) is 14.0 Å². The van der Waals surface area contributed by atoms with E-state index in [0.29, 0.717) is 35.1 Å². The van der Waals surface area contributed by atoms with Crippen molar-refractivity contribution >= 4 is 34.6 Å². The van der Waals surface area contributed by atoms with Crippen LogP contribution in [0.2, 0.25) is 0 Å². The third-order valence-corrected chi connectivity index (χ3v) is 6.08. The van der Waals surface area contributed by atoms with Gasteiger partial charge in [0.1, 0.15) is 11.4 Å². The molecule has 0 bridgehead atoms.